The van der Waals surface area contributed by atoms with Crippen molar-refractivity contribution in [2.45, 2.75) is 26.5 Å². The molecule has 4 heteroatoms. The second-order valence-electron chi connectivity index (χ2n) is 4.87. The Morgan fingerprint density at radius 1 is 1.10 bits per heavy atom. The van der Waals surface area contributed by atoms with E-state index >= 15 is 0 Å². The number of ether oxygens (including phenoxy) is 1. The van der Waals surface area contributed by atoms with E-state index in [2.05, 4.69) is 6.07 Å². The molecule has 2 aromatic carbocycles. The minimum absolute atomic E-state index is 0.0706. The molecular formula is C16H17Cl2NO. The molecule has 20 heavy (non-hydrogen) atoms. The van der Waals surface area contributed by atoms with E-state index < -0.39 is 0 Å². The van der Waals surface area contributed by atoms with Crippen LogP contribution < -0.4 is 10.5 Å². The molecule has 2 aromatic rings. The minimum atomic E-state index is -0.0706. The topological polar surface area (TPSA) is 35.2 Å². The van der Waals surface area contributed by atoms with Crippen molar-refractivity contribution in [3.05, 3.63) is 63.1 Å². The van der Waals surface area contributed by atoms with E-state index in [9.17, 15) is 0 Å². The van der Waals surface area contributed by atoms with E-state index in [-0.39, 0.29) is 6.04 Å². The lowest BCUT2D eigenvalue weighted by Crippen LogP contribution is -2.08. The van der Waals surface area contributed by atoms with E-state index in [1.165, 1.54) is 5.56 Å². The van der Waals surface area contributed by atoms with Crippen molar-refractivity contribution in [1.29, 1.82) is 0 Å². The monoisotopic (exact) mass is 309 g/mol. The van der Waals surface area contributed by atoms with E-state index in [0.717, 1.165) is 16.9 Å². The molecule has 0 aliphatic carbocycles. The highest BCUT2D eigenvalue weighted by atomic mass is 35.5. The van der Waals surface area contributed by atoms with Crippen molar-refractivity contribution in [2.75, 3.05) is 0 Å². The minimum Gasteiger partial charge on any atom is -0.489 e. The van der Waals surface area contributed by atoms with Gasteiger partial charge >= 0.3 is 0 Å². The molecule has 2 nitrogen and oxygen atoms in total. The predicted molar refractivity (Wildman–Crippen MR) is 84.6 cm³/mol. The van der Waals surface area contributed by atoms with E-state index in [1.54, 1.807) is 6.07 Å². The third-order valence-corrected chi connectivity index (χ3v) is 3.77. The zero-order chi connectivity index (χ0) is 14.7. The average molecular weight is 310 g/mol. The summed E-state index contributed by atoms with van der Waals surface area (Å²) in [6.07, 6.45) is 0. The van der Waals surface area contributed by atoms with Crippen LogP contribution in [0.15, 0.2) is 36.4 Å². The van der Waals surface area contributed by atoms with Gasteiger partial charge in [-0.05, 0) is 37.6 Å². The first-order valence-corrected chi connectivity index (χ1v) is 7.16. The van der Waals surface area contributed by atoms with Gasteiger partial charge in [-0.1, -0.05) is 47.0 Å². The van der Waals surface area contributed by atoms with E-state index in [0.29, 0.717) is 16.7 Å². The summed E-state index contributed by atoms with van der Waals surface area (Å²) >= 11 is 11.9. The van der Waals surface area contributed by atoms with Crippen molar-refractivity contribution >= 4 is 23.2 Å². The van der Waals surface area contributed by atoms with Gasteiger partial charge in [0.15, 0.2) is 0 Å². The zero-order valence-electron chi connectivity index (χ0n) is 11.5. The number of nitrogens with two attached hydrogens (primary N) is 1. The van der Waals surface area contributed by atoms with Crippen molar-refractivity contribution in [3.63, 3.8) is 0 Å². The number of aryl methyl sites for hydroxylation is 1. The fourth-order valence-electron chi connectivity index (χ4n) is 1.95. The Labute approximate surface area is 129 Å². The lowest BCUT2D eigenvalue weighted by atomic mass is 10.1. The molecule has 0 aromatic heterocycles. The highest BCUT2D eigenvalue weighted by Crippen LogP contribution is 2.27. The van der Waals surface area contributed by atoms with Crippen LogP contribution >= 0.6 is 23.2 Å². The fraction of sp³-hybridized carbons (Fsp3) is 0.250. The van der Waals surface area contributed by atoms with Crippen molar-refractivity contribution in [3.8, 4) is 5.75 Å². The normalized spacial score (nSPS) is 12.2. The highest BCUT2D eigenvalue weighted by molar-refractivity contribution is 6.42. The smallest absolute Gasteiger partial charge is 0.124 e. The fourth-order valence-corrected chi connectivity index (χ4v) is 2.27. The van der Waals surface area contributed by atoms with E-state index in [4.69, 9.17) is 33.7 Å². The average Bonchev–Trinajstić information content (AvgIpc) is 2.41. The SMILES string of the molecule is Cc1ccc(OCc2ccc(Cl)c(Cl)c2)c(C(C)N)c1. The van der Waals surface area contributed by atoms with Gasteiger partial charge in [-0.2, -0.15) is 0 Å². The number of rotatable bonds is 4. The van der Waals surface area contributed by atoms with Crippen LogP contribution in [0, 0.1) is 6.92 Å². The van der Waals surface area contributed by atoms with Crippen LogP contribution in [-0.4, -0.2) is 0 Å². The Morgan fingerprint density at radius 3 is 2.50 bits per heavy atom. The Bertz CT molecular complexity index is 611. The molecule has 0 saturated carbocycles. The third-order valence-electron chi connectivity index (χ3n) is 3.03. The molecule has 0 radical (unpaired) electrons. The lowest BCUT2D eigenvalue weighted by molar-refractivity contribution is 0.301. The summed E-state index contributed by atoms with van der Waals surface area (Å²) in [4.78, 5) is 0. The summed E-state index contributed by atoms with van der Waals surface area (Å²) in [5, 5.41) is 1.08. The van der Waals surface area contributed by atoms with Gasteiger partial charge in [0.25, 0.3) is 0 Å². The first-order chi connectivity index (χ1) is 9.47. The second kappa shape index (κ2) is 6.49. The summed E-state index contributed by atoms with van der Waals surface area (Å²) in [5.74, 6) is 0.802. The van der Waals surface area contributed by atoms with Crippen LogP contribution in [-0.2, 0) is 6.61 Å². The molecule has 106 valence electrons. The molecule has 0 heterocycles. The maximum atomic E-state index is 5.99. The van der Waals surface area contributed by atoms with Gasteiger partial charge in [0, 0.05) is 11.6 Å². The maximum Gasteiger partial charge on any atom is 0.124 e. The molecular weight excluding hydrogens is 293 g/mol. The first-order valence-electron chi connectivity index (χ1n) is 6.40. The standard InChI is InChI=1S/C16H17Cl2NO/c1-10-3-6-16(13(7-10)11(2)19)20-9-12-4-5-14(17)15(18)8-12/h3-8,11H,9,19H2,1-2H3. The summed E-state index contributed by atoms with van der Waals surface area (Å²) in [6, 6.07) is 11.4. The summed E-state index contributed by atoms with van der Waals surface area (Å²) < 4.78 is 5.85. The molecule has 0 saturated heterocycles. The molecule has 2 rings (SSSR count). The van der Waals surface area contributed by atoms with Gasteiger partial charge in [0.1, 0.15) is 12.4 Å². The van der Waals surface area contributed by atoms with Crippen molar-refractivity contribution in [2.24, 2.45) is 5.73 Å². The van der Waals surface area contributed by atoms with Gasteiger partial charge in [-0.25, -0.2) is 0 Å². The third kappa shape index (κ3) is 3.66. The summed E-state index contributed by atoms with van der Waals surface area (Å²) in [5.41, 5.74) is 9.12. The molecule has 0 amide bonds. The largest absolute Gasteiger partial charge is 0.489 e. The molecule has 0 aliphatic rings. The van der Waals surface area contributed by atoms with Gasteiger partial charge in [-0.3, -0.25) is 0 Å². The van der Waals surface area contributed by atoms with Crippen LogP contribution in [0.25, 0.3) is 0 Å². The molecule has 1 unspecified atom stereocenters. The molecule has 1 atom stereocenters. The van der Waals surface area contributed by atoms with Gasteiger partial charge < -0.3 is 10.5 Å². The summed E-state index contributed by atoms with van der Waals surface area (Å²) in [7, 11) is 0. The van der Waals surface area contributed by atoms with Gasteiger partial charge in [0.2, 0.25) is 0 Å². The second-order valence-corrected chi connectivity index (χ2v) is 5.68. The predicted octanol–water partition coefficient (Wildman–Crippen LogP) is 4.90. The summed E-state index contributed by atoms with van der Waals surface area (Å²) in [6.45, 7) is 4.41. The molecule has 0 fully saturated rings. The number of benzene rings is 2. The van der Waals surface area contributed by atoms with Crippen LogP contribution in [0.1, 0.15) is 29.7 Å². The van der Waals surface area contributed by atoms with E-state index in [1.807, 2.05) is 38.1 Å². The van der Waals surface area contributed by atoms with Crippen LogP contribution in [0.4, 0.5) is 0 Å². The molecule has 0 aliphatic heterocycles. The Hall–Kier alpha value is -1.22. The van der Waals surface area contributed by atoms with Crippen LogP contribution in [0.3, 0.4) is 0 Å². The first kappa shape index (κ1) is 15.2. The van der Waals surface area contributed by atoms with Crippen LogP contribution in [0.5, 0.6) is 5.75 Å². The maximum absolute atomic E-state index is 5.99. The molecule has 0 bridgehead atoms. The Morgan fingerprint density at radius 2 is 1.85 bits per heavy atom. The number of hydrogen-bond acceptors (Lipinski definition) is 2. The van der Waals surface area contributed by atoms with Crippen molar-refractivity contribution < 1.29 is 4.74 Å². The highest BCUT2D eigenvalue weighted by Gasteiger charge is 2.09. The van der Waals surface area contributed by atoms with Crippen molar-refractivity contribution in [1.82, 2.24) is 0 Å². The molecule has 0 spiro atoms. The quantitative estimate of drug-likeness (QED) is 0.871. The van der Waals surface area contributed by atoms with Gasteiger partial charge in [0.05, 0.1) is 10.0 Å². The molecule has 2 N–H and O–H groups in total. The lowest BCUT2D eigenvalue weighted by Gasteiger charge is -2.15. The Balaban J connectivity index is 2.16. The van der Waals surface area contributed by atoms with Gasteiger partial charge in [-0.15, -0.1) is 0 Å². The van der Waals surface area contributed by atoms with Crippen LogP contribution in [0.2, 0.25) is 10.0 Å². The number of hydrogen-bond donors (Lipinski definition) is 1. The zero-order valence-corrected chi connectivity index (χ0v) is 13.0. The Kier molecular flexibility index (Phi) is 4.92. The number of halogens is 2.